The lowest BCUT2D eigenvalue weighted by molar-refractivity contribution is -0.130. The standard InChI is InChI=1S/C27H25NO7S/c1-17-8-14-21(15-9-17)36(32,33)25-23(18-10-12-19(13-11-18)27(31)35-3)28(26(30)24(25)29)16-20-6-4-5-7-22(20)34-2/h4-15,23,29H,16H2,1-3H3. The summed E-state index contributed by atoms with van der Waals surface area (Å²) >= 11 is 0. The summed E-state index contributed by atoms with van der Waals surface area (Å²) in [6.45, 7) is 1.80. The van der Waals surface area contributed by atoms with Crippen molar-refractivity contribution in [3.05, 3.63) is 106 Å². The number of aliphatic hydroxyl groups excluding tert-OH is 1. The van der Waals surface area contributed by atoms with E-state index in [0.717, 1.165) is 5.56 Å². The Morgan fingerprint density at radius 3 is 2.22 bits per heavy atom. The van der Waals surface area contributed by atoms with Crippen molar-refractivity contribution in [3.8, 4) is 5.75 Å². The zero-order valence-corrected chi connectivity index (χ0v) is 20.8. The van der Waals surface area contributed by atoms with Crippen LogP contribution in [0.3, 0.4) is 0 Å². The molecule has 0 radical (unpaired) electrons. The normalized spacial score (nSPS) is 15.8. The number of carbonyl (C=O) groups excluding carboxylic acids is 2. The van der Waals surface area contributed by atoms with Gasteiger partial charge in [0.25, 0.3) is 5.91 Å². The summed E-state index contributed by atoms with van der Waals surface area (Å²) in [6.07, 6.45) is 0. The number of amides is 1. The van der Waals surface area contributed by atoms with Crippen LogP contribution in [0.1, 0.15) is 33.1 Å². The van der Waals surface area contributed by atoms with Gasteiger partial charge in [-0.1, -0.05) is 48.0 Å². The van der Waals surface area contributed by atoms with Crippen molar-refractivity contribution in [3.63, 3.8) is 0 Å². The van der Waals surface area contributed by atoms with E-state index < -0.39 is 38.4 Å². The fourth-order valence-corrected chi connectivity index (χ4v) is 5.83. The van der Waals surface area contributed by atoms with Crippen LogP contribution in [0.2, 0.25) is 0 Å². The van der Waals surface area contributed by atoms with Gasteiger partial charge in [0.2, 0.25) is 9.84 Å². The van der Waals surface area contributed by atoms with Gasteiger partial charge in [-0.05, 0) is 42.8 Å². The Hall–Kier alpha value is -4.11. The van der Waals surface area contributed by atoms with Crippen molar-refractivity contribution in [1.29, 1.82) is 0 Å². The number of hydrogen-bond acceptors (Lipinski definition) is 7. The van der Waals surface area contributed by atoms with Crippen LogP contribution in [0.4, 0.5) is 0 Å². The van der Waals surface area contributed by atoms with Gasteiger partial charge in [-0.25, -0.2) is 13.2 Å². The first kappa shape index (κ1) is 25.0. The first-order valence-corrected chi connectivity index (χ1v) is 12.5. The van der Waals surface area contributed by atoms with Crippen LogP contribution in [0.25, 0.3) is 0 Å². The van der Waals surface area contributed by atoms with Crippen molar-refractivity contribution < 1.29 is 32.6 Å². The van der Waals surface area contributed by atoms with Crippen molar-refractivity contribution >= 4 is 21.7 Å². The molecule has 1 heterocycles. The molecule has 3 aromatic rings. The number of nitrogens with zero attached hydrogens (tertiary/aromatic N) is 1. The second-order valence-corrected chi connectivity index (χ2v) is 10.2. The number of sulfone groups is 1. The lowest BCUT2D eigenvalue weighted by atomic mass is 10.0. The number of aliphatic hydroxyl groups is 1. The van der Waals surface area contributed by atoms with Crippen molar-refractivity contribution in [2.24, 2.45) is 0 Å². The minimum Gasteiger partial charge on any atom is -0.502 e. The molecule has 0 aromatic heterocycles. The maximum absolute atomic E-state index is 13.7. The smallest absolute Gasteiger partial charge is 0.337 e. The van der Waals surface area contributed by atoms with E-state index in [1.165, 1.54) is 43.4 Å². The molecule has 1 atom stereocenters. The average Bonchev–Trinajstić information content (AvgIpc) is 3.14. The Morgan fingerprint density at radius 2 is 1.61 bits per heavy atom. The van der Waals surface area contributed by atoms with Gasteiger partial charge in [-0.3, -0.25) is 4.79 Å². The summed E-state index contributed by atoms with van der Waals surface area (Å²) in [7, 11) is -1.51. The Morgan fingerprint density at radius 1 is 0.972 bits per heavy atom. The highest BCUT2D eigenvalue weighted by Gasteiger charge is 2.47. The minimum absolute atomic E-state index is 0.0246. The summed E-state index contributed by atoms with van der Waals surface area (Å²) in [6, 6.07) is 18.1. The number of hydrogen-bond donors (Lipinski definition) is 1. The highest BCUT2D eigenvalue weighted by molar-refractivity contribution is 7.95. The molecule has 0 fully saturated rings. The van der Waals surface area contributed by atoms with E-state index in [0.29, 0.717) is 16.9 Å². The number of rotatable bonds is 7. The number of ether oxygens (including phenoxy) is 2. The molecule has 3 aromatic carbocycles. The van der Waals surface area contributed by atoms with E-state index in [9.17, 15) is 23.1 Å². The molecule has 9 heteroatoms. The second-order valence-electron chi connectivity index (χ2n) is 8.29. The number of esters is 1. The van der Waals surface area contributed by atoms with Gasteiger partial charge < -0.3 is 19.5 Å². The van der Waals surface area contributed by atoms with Crippen LogP contribution in [-0.2, 0) is 25.9 Å². The third kappa shape index (κ3) is 4.45. The molecule has 0 spiro atoms. The molecular weight excluding hydrogens is 482 g/mol. The maximum atomic E-state index is 13.7. The summed E-state index contributed by atoms with van der Waals surface area (Å²) < 4.78 is 37.6. The monoisotopic (exact) mass is 507 g/mol. The van der Waals surface area contributed by atoms with Gasteiger partial charge in [0.15, 0.2) is 5.76 Å². The largest absolute Gasteiger partial charge is 0.502 e. The zero-order chi connectivity index (χ0) is 26.0. The topological polar surface area (TPSA) is 110 Å². The van der Waals surface area contributed by atoms with E-state index in [2.05, 4.69) is 0 Å². The van der Waals surface area contributed by atoms with Crippen LogP contribution in [-0.4, -0.2) is 44.5 Å². The van der Waals surface area contributed by atoms with Crippen LogP contribution >= 0.6 is 0 Å². The Bertz CT molecular complexity index is 1440. The Labute approximate surface area is 209 Å². The molecule has 0 saturated heterocycles. The van der Waals surface area contributed by atoms with Crippen LogP contribution in [0, 0.1) is 6.92 Å². The third-order valence-electron chi connectivity index (χ3n) is 6.06. The molecule has 1 N–H and O–H groups in total. The van der Waals surface area contributed by atoms with Gasteiger partial charge in [0.1, 0.15) is 10.7 Å². The van der Waals surface area contributed by atoms with Gasteiger partial charge in [-0.15, -0.1) is 0 Å². The second kappa shape index (κ2) is 9.87. The van der Waals surface area contributed by atoms with Crippen LogP contribution in [0.15, 0.2) is 88.4 Å². The molecule has 186 valence electrons. The number of methoxy groups -OCH3 is 2. The molecule has 0 saturated carbocycles. The molecule has 8 nitrogen and oxygen atoms in total. The van der Waals surface area contributed by atoms with Crippen LogP contribution in [0.5, 0.6) is 5.75 Å². The highest BCUT2D eigenvalue weighted by atomic mass is 32.2. The molecule has 1 amide bonds. The molecule has 4 rings (SSSR count). The molecule has 0 bridgehead atoms. The predicted octanol–water partition coefficient (Wildman–Crippen LogP) is 4.12. The van der Waals surface area contributed by atoms with E-state index in [-0.39, 0.29) is 17.0 Å². The highest BCUT2D eigenvalue weighted by Crippen LogP contribution is 2.43. The number of benzene rings is 3. The minimum atomic E-state index is -4.26. The summed E-state index contributed by atoms with van der Waals surface area (Å²) in [5.74, 6) is -1.71. The summed E-state index contributed by atoms with van der Waals surface area (Å²) in [5.41, 5.74) is 2.16. The number of aryl methyl sites for hydroxylation is 1. The molecule has 1 unspecified atom stereocenters. The lowest BCUT2D eigenvalue weighted by Gasteiger charge is -2.27. The van der Waals surface area contributed by atoms with E-state index >= 15 is 0 Å². The Kier molecular flexibility index (Phi) is 6.85. The van der Waals surface area contributed by atoms with Gasteiger partial charge in [-0.2, -0.15) is 0 Å². The Balaban J connectivity index is 1.86. The van der Waals surface area contributed by atoms with Crippen LogP contribution < -0.4 is 4.74 Å². The van der Waals surface area contributed by atoms with Gasteiger partial charge >= 0.3 is 5.97 Å². The first-order chi connectivity index (χ1) is 17.2. The third-order valence-corrected chi connectivity index (χ3v) is 7.95. The zero-order valence-electron chi connectivity index (χ0n) is 20.0. The van der Waals surface area contributed by atoms with E-state index in [4.69, 9.17) is 9.47 Å². The van der Waals surface area contributed by atoms with E-state index in [1.807, 2.05) is 6.92 Å². The summed E-state index contributed by atoms with van der Waals surface area (Å²) in [4.78, 5) is 26.0. The fraction of sp³-hybridized carbons (Fsp3) is 0.185. The van der Waals surface area contributed by atoms with Crippen molar-refractivity contribution in [1.82, 2.24) is 4.90 Å². The SMILES string of the molecule is COC(=O)c1ccc(C2C(S(=O)(=O)c3ccc(C)cc3)=C(O)C(=O)N2Cc2ccccc2OC)cc1. The molecule has 1 aliphatic rings. The van der Waals surface area contributed by atoms with Crippen molar-refractivity contribution in [2.45, 2.75) is 24.4 Å². The summed E-state index contributed by atoms with van der Waals surface area (Å²) in [5, 5.41) is 10.9. The first-order valence-electron chi connectivity index (χ1n) is 11.0. The van der Waals surface area contributed by atoms with Gasteiger partial charge in [0.05, 0.1) is 37.3 Å². The number of para-hydroxylation sites is 1. The van der Waals surface area contributed by atoms with Gasteiger partial charge in [0, 0.05) is 5.56 Å². The quantitative estimate of drug-likeness (QED) is 0.479. The molecular formula is C27H25NO7S. The number of carbonyl (C=O) groups is 2. The average molecular weight is 508 g/mol. The van der Waals surface area contributed by atoms with Crippen molar-refractivity contribution in [2.75, 3.05) is 14.2 Å². The molecule has 1 aliphatic heterocycles. The maximum Gasteiger partial charge on any atom is 0.337 e. The lowest BCUT2D eigenvalue weighted by Crippen LogP contribution is -2.31. The molecule has 0 aliphatic carbocycles. The van der Waals surface area contributed by atoms with E-state index in [1.54, 1.807) is 48.5 Å². The molecule has 36 heavy (non-hydrogen) atoms. The predicted molar refractivity (Wildman–Crippen MR) is 132 cm³/mol. The fourth-order valence-electron chi connectivity index (χ4n) is 4.18.